The van der Waals surface area contributed by atoms with Crippen molar-refractivity contribution in [1.29, 1.82) is 0 Å². The number of anilines is 1. The van der Waals surface area contributed by atoms with E-state index in [9.17, 15) is 8.42 Å². The molecule has 1 aromatic heterocycles. The van der Waals surface area contributed by atoms with Gasteiger partial charge in [-0.2, -0.15) is 0 Å². The summed E-state index contributed by atoms with van der Waals surface area (Å²) in [5.41, 5.74) is 0. The molecule has 1 fully saturated rings. The van der Waals surface area contributed by atoms with E-state index in [0.29, 0.717) is 5.95 Å². The minimum atomic E-state index is -3.37. The first-order valence-electron chi connectivity index (χ1n) is 5.67. The quantitative estimate of drug-likeness (QED) is 0.880. The van der Waals surface area contributed by atoms with Crippen LogP contribution in [0.3, 0.4) is 0 Å². The van der Waals surface area contributed by atoms with Gasteiger partial charge in [0.05, 0.1) is 10.2 Å². The zero-order valence-corrected chi connectivity index (χ0v) is 12.2. The third-order valence-electron chi connectivity index (χ3n) is 2.97. The van der Waals surface area contributed by atoms with Gasteiger partial charge >= 0.3 is 0 Å². The molecule has 0 aromatic carbocycles. The molecule has 18 heavy (non-hydrogen) atoms. The predicted molar refractivity (Wildman–Crippen MR) is 72.6 cm³/mol. The highest BCUT2D eigenvalue weighted by Crippen LogP contribution is 2.21. The van der Waals surface area contributed by atoms with E-state index in [1.54, 1.807) is 12.4 Å². The van der Waals surface area contributed by atoms with E-state index < -0.39 is 10.0 Å². The van der Waals surface area contributed by atoms with Crippen LogP contribution in [0.1, 0.15) is 12.8 Å². The predicted octanol–water partition coefficient (Wildman–Crippen LogP) is 0.744. The molecule has 1 aliphatic heterocycles. The third kappa shape index (κ3) is 3.89. The molecule has 0 saturated carbocycles. The monoisotopic (exact) mass is 334 g/mol. The molecule has 0 aliphatic carbocycles. The van der Waals surface area contributed by atoms with Crippen LogP contribution in [0.25, 0.3) is 0 Å². The molecule has 100 valence electrons. The lowest BCUT2D eigenvalue weighted by Crippen LogP contribution is -2.37. The largest absolute Gasteiger partial charge is 0.341 e. The number of piperidine rings is 1. The number of nitrogens with two attached hydrogens (primary N) is 1. The summed E-state index contributed by atoms with van der Waals surface area (Å²) in [7, 11) is -3.37. The van der Waals surface area contributed by atoms with Crippen molar-refractivity contribution in [2.45, 2.75) is 12.8 Å². The van der Waals surface area contributed by atoms with Crippen molar-refractivity contribution >= 4 is 31.9 Å². The van der Waals surface area contributed by atoms with Crippen molar-refractivity contribution in [3.63, 3.8) is 0 Å². The Morgan fingerprint density at radius 2 is 1.89 bits per heavy atom. The average molecular weight is 335 g/mol. The first-order chi connectivity index (χ1) is 8.44. The number of hydrogen-bond acceptors (Lipinski definition) is 5. The molecule has 1 saturated heterocycles. The molecule has 0 radical (unpaired) electrons. The molecule has 0 unspecified atom stereocenters. The van der Waals surface area contributed by atoms with Crippen molar-refractivity contribution in [1.82, 2.24) is 9.97 Å². The molecular weight excluding hydrogens is 320 g/mol. The summed E-state index contributed by atoms with van der Waals surface area (Å²) in [6.45, 7) is 1.53. The Balaban J connectivity index is 1.92. The molecule has 2 rings (SSSR count). The second-order valence-electron chi connectivity index (χ2n) is 4.46. The van der Waals surface area contributed by atoms with Crippen LogP contribution in [-0.2, 0) is 10.0 Å². The summed E-state index contributed by atoms with van der Waals surface area (Å²) >= 11 is 3.29. The number of aromatic nitrogens is 2. The van der Waals surface area contributed by atoms with Crippen molar-refractivity contribution in [2.24, 2.45) is 11.1 Å². The van der Waals surface area contributed by atoms with Gasteiger partial charge in [-0.15, -0.1) is 0 Å². The lowest BCUT2D eigenvalue weighted by molar-refractivity contribution is 0.432. The Labute approximate surface area is 115 Å². The van der Waals surface area contributed by atoms with E-state index in [0.717, 1.165) is 30.4 Å². The van der Waals surface area contributed by atoms with Gasteiger partial charge in [-0.1, -0.05) is 0 Å². The Hall–Kier alpha value is -0.730. The SMILES string of the molecule is NS(=O)(=O)CC1CCN(c2ncc(Br)cn2)CC1. The van der Waals surface area contributed by atoms with Crippen molar-refractivity contribution in [3.8, 4) is 0 Å². The zero-order chi connectivity index (χ0) is 13.2. The van der Waals surface area contributed by atoms with E-state index in [4.69, 9.17) is 5.14 Å². The Bertz CT molecular complexity index is 497. The molecule has 0 bridgehead atoms. The minimum absolute atomic E-state index is 0.0715. The van der Waals surface area contributed by atoms with Crippen LogP contribution < -0.4 is 10.0 Å². The third-order valence-corrected chi connectivity index (χ3v) is 4.32. The van der Waals surface area contributed by atoms with Gasteiger partial charge in [0.25, 0.3) is 0 Å². The van der Waals surface area contributed by atoms with E-state index >= 15 is 0 Å². The van der Waals surface area contributed by atoms with E-state index in [1.165, 1.54) is 0 Å². The molecule has 0 amide bonds. The van der Waals surface area contributed by atoms with Crippen molar-refractivity contribution < 1.29 is 8.42 Å². The summed E-state index contributed by atoms with van der Waals surface area (Å²) in [5.74, 6) is 0.904. The Morgan fingerprint density at radius 1 is 1.33 bits per heavy atom. The molecule has 0 atom stereocenters. The van der Waals surface area contributed by atoms with Gasteiger partial charge < -0.3 is 4.90 Å². The number of sulfonamides is 1. The number of rotatable bonds is 3. The standard InChI is InChI=1S/C10H15BrN4O2S/c11-9-5-13-10(14-6-9)15-3-1-8(2-4-15)7-18(12,16)17/h5-6,8H,1-4,7H2,(H2,12,16,17). The fraction of sp³-hybridized carbons (Fsp3) is 0.600. The molecule has 1 aromatic rings. The minimum Gasteiger partial charge on any atom is -0.341 e. The van der Waals surface area contributed by atoms with Crippen LogP contribution in [0.5, 0.6) is 0 Å². The highest BCUT2D eigenvalue weighted by Gasteiger charge is 2.23. The van der Waals surface area contributed by atoms with Gasteiger partial charge in [-0.25, -0.2) is 23.5 Å². The number of nitrogens with zero attached hydrogens (tertiary/aromatic N) is 3. The van der Waals surface area contributed by atoms with Crippen LogP contribution >= 0.6 is 15.9 Å². The summed E-state index contributed by atoms with van der Waals surface area (Å²) in [6.07, 6.45) is 5.02. The normalized spacial score (nSPS) is 18.0. The fourth-order valence-corrected chi connectivity index (χ4v) is 3.29. The van der Waals surface area contributed by atoms with E-state index in [2.05, 4.69) is 30.8 Å². The van der Waals surface area contributed by atoms with Crippen LogP contribution in [0.4, 0.5) is 5.95 Å². The first-order valence-corrected chi connectivity index (χ1v) is 8.18. The zero-order valence-electron chi connectivity index (χ0n) is 9.79. The van der Waals surface area contributed by atoms with Gasteiger partial charge in [0.1, 0.15) is 0 Å². The highest BCUT2D eigenvalue weighted by atomic mass is 79.9. The molecule has 1 aliphatic rings. The topological polar surface area (TPSA) is 89.2 Å². The summed E-state index contributed by atoms with van der Waals surface area (Å²) in [4.78, 5) is 10.5. The first kappa shape index (κ1) is 13.7. The Morgan fingerprint density at radius 3 is 2.39 bits per heavy atom. The van der Waals surface area contributed by atoms with Crippen LogP contribution in [0, 0.1) is 5.92 Å². The van der Waals surface area contributed by atoms with E-state index in [-0.39, 0.29) is 11.7 Å². The number of halogens is 1. The molecular formula is C10H15BrN4O2S. The maximum absolute atomic E-state index is 11.0. The second-order valence-corrected chi connectivity index (χ2v) is 7.04. The molecule has 6 nitrogen and oxygen atoms in total. The highest BCUT2D eigenvalue weighted by molar-refractivity contribution is 9.10. The van der Waals surface area contributed by atoms with Gasteiger partial charge in [-0.05, 0) is 34.7 Å². The smallest absolute Gasteiger partial charge is 0.225 e. The maximum Gasteiger partial charge on any atom is 0.225 e. The van der Waals surface area contributed by atoms with Gasteiger partial charge in [0, 0.05) is 25.5 Å². The molecule has 2 heterocycles. The molecule has 0 spiro atoms. The van der Waals surface area contributed by atoms with Crippen molar-refractivity contribution in [2.75, 3.05) is 23.7 Å². The van der Waals surface area contributed by atoms with Crippen molar-refractivity contribution in [3.05, 3.63) is 16.9 Å². The van der Waals surface area contributed by atoms with E-state index in [1.807, 2.05) is 0 Å². The molecule has 8 heteroatoms. The van der Waals surface area contributed by atoms with Gasteiger partial charge in [0.15, 0.2) is 0 Å². The summed E-state index contributed by atoms with van der Waals surface area (Å²) in [6, 6.07) is 0. The second kappa shape index (κ2) is 5.50. The fourth-order valence-electron chi connectivity index (χ4n) is 2.10. The lowest BCUT2D eigenvalue weighted by atomic mass is 9.99. The summed E-state index contributed by atoms with van der Waals surface area (Å²) < 4.78 is 22.9. The van der Waals surface area contributed by atoms with Crippen LogP contribution in [0.2, 0.25) is 0 Å². The maximum atomic E-state index is 11.0. The summed E-state index contributed by atoms with van der Waals surface area (Å²) in [5, 5.41) is 5.06. The average Bonchev–Trinajstić information content (AvgIpc) is 2.29. The van der Waals surface area contributed by atoms with Crippen LogP contribution in [-0.4, -0.2) is 37.2 Å². The lowest BCUT2D eigenvalue weighted by Gasteiger charge is -2.31. The number of primary sulfonamides is 1. The van der Waals surface area contributed by atoms with Gasteiger partial charge in [0.2, 0.25) is 16.0 Å². The Kier molecular flexibility index (Phi) is 4.18. The number of hydrogen-bond donors (Lipinski definition) is 1. The van der Waals surface area contributed by atoms with Crippen LogP contribution in [0.15, 0.2) is 16.9 Å². The molecule has 2 N–H and O–H groups in total. The van der Waals surface area contributed by atoms with Gasteiger partial charge in [-0.3, -0.25) is 0 Å².